The van der Waals surface area contributed by atoms with Crippen LogP contribution >= 0.6 is 0 Å². The Bertz CT molecular complexity index is 1410. The number of rotatable bonds is 26. The van der Waals surface area contributed by atoms with E-state index in [1.807, 2.05) is 41.6 Å². The molecule has 0 aliphatic carbocycles. The summed E-state index contributed by atoms with van der Waals surface area (Å²) in [5.41, 5.74) is 3.27. The highest BCUT2D eigenvalue weighted by Gasteiger charge is 2.16. The van der Waals surface area contributed by atoms with Gasteiger partial charge in [0.2, 0.25) is 5.91 Å². The van der Waals surface area contributed by atoms with Gasteiger partial charge in [-0.3, -0.25) is 48.3 Å². The fourth-order valence-corrected chi connectivity index (χ4v) is 5.81. The normalized spacial score (nSPS) is 11.9. The molecule has 50 heavy (non-hydrogen) atoms. The second-order valence-corrected chi connectivity index (χ2v) is 13.1. The third kappa shape index (κ3) is 18.1. The number of Topliss-reactive ketones (excluding diaryl/α,β-unsaturated/α-hetero) is 1. The fraction of sp³-hybridized carbons (Fsp3) is 0.472. The lowest BCUT2D eigenvalue weighted by Crippen LogP contribution is -2.42. The molecule has 3 rings (SSSR count). The summed E-state index contributed by atoms with van der Waals surface area (Å²) in [5.74, 6) is -1.27. The van der Waals surface area contributed by atoms with Crippen LogP contribution in [-0.2, 0) is 45.2 Å². The number of unbranched alkanes of at least 4 members (excludes halogenated alkanes) is 5. The quantitative estimate of drug-likeness (QED) is 0.0710. The van der Waals surface area contributed by atoms with Crippen LogP contribution in [0.2, 0.25) is 0 Å². The predicted molar refractivity (Wildman–Crippen MR) is 194 cm³/mol. The van der Waals surface area contributed by atoms with Crippen molar-refractivity contribution >= 4 is 34.6 Å². The van der Waals surface area contributed by atoms with Crippen molar-refractivity contribution < 1.29 is 28.3 Å². The first-order chi connectivity index (χ1) is 24.2. The Morgan fingerprint density at radius 1 is 0.740 bits per heavy atom. The summed E-state index contributed by atoms with van der Waals surface area (Å²) >= 11 is -2.18. The van der Waals surface area contributed by atoms with E-state index >= 15 is 0 Å². The van der Waals surface area contributed by atoms with Crippen LogP contribution in [0.4, 0.5) is 5.69 Å². The Morgan fingerprint density at radius 3 is 1.94 bits per heavy atom. The fourth-order valence-electron chi connectivity index (χ4n) is 5.47. The second-order valence-electron chi connectivity index (χ2n) is 12.4. The lowest BCUT2D eigenvalue weighted by Gasteiger charge is -2.23. The van der Waals surface area contributed by atoms with Crippen molar-refractivity contribution in [3.05, 3.63) is 90.0 Å². The molecule has 13 nitrogen and oxygen atoms in total. The number of amides is 1. The van der Waals surface area contributed by atoms with Gasteiger partial charge in [0.15, 0.2) is 5.78 Å². The van der Waals surface area contributed by atoms with Crippen molar-refractivity contribution in [1.29, 1.82) is 0 Å². The highest BCUT2D eigenvalue weighted by Crippen LogP contribution is 2.12. The number of benzene rings is 1. The number of nitrogens with one attached hydrogen (secondary N) is 2. The van der Waals surface area contributed by atoms with Crippen LogP contribution in [0.25, 0.3) is 0 Å². The molecule has 1 unspecified atom stereocenters. The van der Waals surface area contributed by atoms with Gasteiger partial charge in [-0.25, -0.2) is 4.21 Å². The molecule has 4 N–H and O–H groups in total. The number of carbonyl (C=O) groups is 3. The van der Waals surface area contributed by atoms with Crippen LogP contribution in [0.1, 0.15) is 55.5 Å². The summed E-state index contributed by atoms with van der Waals surface area (Å²) in [4.78, 5) is 51.3. The molecule has 3 aromatic rings. The van der Waals surface area contributed by atoms with Crippen LogP contribution in [0.3, 0.4) is 0 Å². The molecule has 0 fully saturated rings. The molecule has 1 atom stereocenters. The number of likely N-dealkylation sites (N-methyl/N-ethyl adjacent to an activating group) is 1. The summed E-state index contributed by atoms with van der Waals surface area (Å²) in [6.45, 7) is 3.77. The van der Waals surface area contributed by atoms with E-state index in [1.165, 1.54) is 0 Å². The van der Waals surface area contributed by atoms with E-state index in [9.17, 15) is 23.7 Å². The first-order valence-corrected chi connectivity index (χ1v) is 18.2. The molecular formula is C36H51N7O6S. The third-order valence-electron chi connectivity index (χ3n) is 7.98. The first kappa shape index (κ1) is 40.4. The maximum absolute atomic E-state index is 12.7. The molecule has 1 aromatic carbocycles. The Kier molecular flexibility index (Phi) is 18.8. The maximum atomic E-state index is 12.7. The van der Waals surface area contributed by atoms with Crippen LogP contribution < -0.4 is 10.0 Å². The summed E-state index contributed by atoms with van der Waals surface area (Å²) in [6.07, 6.45) is 10.2. The van der Waals surface area contributed by atoms with Crippen molar-refractivity contribution in [2.24, 2.45) is 0 Å². The largest absolute Gasteiger partial charge is 0.480 e. The lowest BCUT2D eigenvalue weighted by molar-refractivity contribution is -0.138. The number of hydrogen-bond donors (Lipinski definition) is 4. The maximum Gasteiger partial charge on any atom is 0.317 e. The van der Waals surface area contributed by atoms with Crippen molar-refractivity contribution in [2.75, 3.05) is 57.6 Å². The van der Waals surface area contributed by atoms with Gasteiger partial charge in [0.1, 0.15) is 0 Å². The SMILES string of the molecule is CN(CCN(CC(=O)O)CC(=O)Cc1ccc(NS(=O)O)cc1)CC(=O)NCCCCCCCCN(Cc1ccccn1)Cc1ccccn1. The van der Waals surface area contributed by atoms with Crippen molar-refractivity contribution in [1.82, 2.24) is 30.0 Å². The van der Waals surface area contributed by atoms with Crippen molar-refractivity contribution in [3.8, 4) is 0 Å². The highest BCUT2D eigenvalue weighted by molar-refractivity contribution is 7.80. The molecule has 2 aromatic heterocycles. The van der Waals surface area contributed by atoms with E-state index in [-0.39, 0.29) is 37.7 Å². The minimum absolute atomic E-state index is 0.0401. The van der Waals surface area contributed by atoms with Gasteiger partial charge in [-0.2, -0.15) is 0 Å². The number of carboxylic acids is 1. The molecule has 2 heterocycles. The van der Waals surface area contributed by atoms with Gasteiger partial charge in [0, 0.05) is 57.2 Å². The number of hydrogen-bond acceptors (Lipinski definition) is 9. The monoisotopic (exact) mass is 709 g/mol. The molecule has 1 amide bonds. The van der Waals surface area contributed by atoms with E-state index in [0.717, 1.165) is 69.5 Å². The molecule has 272 valence electrons. The zero-order chi connectivity index (χ0) is 36.0. The summed E-state index contributed by atoms with van der Waals surface area (Å²) in [6, 6.07) is 18.6. The lowest BCUT2D eigenvalue weighted by atomic mass is 10.1. The van der Waals surface area contributed by atoms with Crippen LogP contribution in [-0.4, -0.2) is 109 Å². The smallest absolute Gasteiger partial charge is 0.317 e. The van der Waals surface area contributed by atoms with Crippen LogP contribution in [0.5, 0.6) is 0 Å². The van der Waals surface area contributed by atoms with Crippen LogP contribution in [0.15, 0.2) is 73.1 Å². The minimum Gasteiger partial charge on any atom is -0.480 e. The molecule has 0 aliphatic rings. The average Bonchev–Trinajstić information content (AvgIpc) is 3.07. The number of nitrogens with zero attached hydrogens (tertiary/aromatic N) is 5. The summed E-state index contributed by atoms with van der Waals surface area (Å²) in [7, 11) is 1.79. The predicted octanol–water partition coefficient (Wildman–Crippen LogP) is 3.61. The van der Waals surface area contributed by atoms with Gasteiger partial charge in [-0.1, -0.05) is 49.9 Å². The van der Waals surface area contributed by atoms with Gasteiger partial charge in [-0.05, 0) is 68.4 Å². The molecule has 0 bridgehead atoms. The third-order valence-corrected chi connectivity index (χ3v) is 8.39. The van der Waals surface area contributed by atoms with Gasteiger partial charge < -0.3 is 10.4 Å². The van der Waals surface area contributed by atoms with Crippen molar-refractivity contribution in [3.63, 3.8) is 0 Å². The number of pyridine rings is 2. The van der Waals surface area contributed by atoms with E-state index in [1.54, 1.807) is 36.2 Å². The van der Waals surface area contributed by atoms with E-state index in [2.05, 4.69) is 37.0 Å². The topological polar surface area (TPSA) is 168 Å². The minimum atomic E-state index is -2.18. The molecule has 14 heteroatoms. The number of anilines is 1. The average molecular weight is 710 g/mol. The first-order valence-electron chi connectivity index (χ1n) is 17.1. The number of aliphatic carboxylic acids is 1. The van der Waals surface area contributed by atoms with E-state index < -0.39 is 17.2 Å². The van der Waals surface area contributed by atoms with Crippen LogP contribution in [0, 0.1) is 0 Å². The van der Waals surface area contributed by atoms with Gasteiger partial charge >= 0.3 is 5.97 Å². The second kappa shape index (κ2) is 23.3. The van der Waals surface area contributed by atoms with Gasteiger partial charge in [-0.15, -0.1) is 0 Å². The Balaban J connectivity index is 1.26. The number of aromatic nitrogens is 2. The highest BCUT2D eigenvalue weighted by atomic mass is 32.2. The molecule has 0 spiro atoms. The zero-order valence-corrected chi connectivity index (χ0v) is 29.7. The molecule has 0 saturated carbocycles. The van der Waals surface area contributed by atoms with E-state index in [4.69, 9.17) is 4.55 Å². The van der Waals surface area contributed by atoms with E-state index in [0.29, 0.717) is 30.9 Å². The molecule has 0 saturated heterocycles. The summed E-state index contributed by atoms with van der Waals surface area (Å²) in [5, 5.41) is 12.3. The Morgan fingerprint density at radius 2 is 1.36 bits per heavy atom. The Labute approximate surface area is 297 Å². The number of carbonyl (C=O) groups excluding carboxylic acids is 2. The Hall–Kier alpha value is -4.08. The number of ketones is 1. The standard InChI is InChI=1S/C36H51N7O6S/c1-41(22-23-43(29-36(46)47)27-34(44)24-30-14-16-31(17-15-30)40-50(48)49)28-35(45)39-20-8-4-2-3-5-11-21-42(25-32-12-6-9-18-37-32)26-33-13-7-10-19-38-33/h6-7,9-10,12-19,40H,2-5,8,11,20-29H2,1H3,(H,39,45)(H,46,47)(H,48,49). The molecule has 0 radical (unpaired) electrons. The van der Waals surface area contributed by atoms with Gasteiger partial charge in [0.25, 0.3) is 11.3 Å². The summed E-state index contributed by atoms with van der Waals surface area (Å²) < 4.78 is 22.1. The van der Waals surface area contributed by atoms with Gasteiger partial charge in [0.05, 0.1) is 31.0 Å². The number of carboxylic acid groups (broad SMARTS) is 1. The van der Waals surface area contributed by atoms with Crippen molar-refractivity contribution in [2.45, 2.75) is 58.0 Å². The molecular weight excluding hydrogens is 659 g/mol. The zero-order valence-electron chi connectivity index (χ0n) is 28.9. The molecule has 0 aliphatic heterocycles.